The Morgan fingerprint density at radius 3 is 1.55 bits per heavy atom. The second-order valence-corrected chi connectivity index (χ2v) is 4.55. The van der Waals surface area contributed by atoms with Gasteiger partial charge in [-0.05, 0) is 20.3 Å². The Balaban J connectivity index is -0.000000297. The lowest BCUT2D eigenvalue weighted by molar-refractivity contribution is -0.135. The Kier molecular flexibility index (Phi) is 16.1. The van der Waals surface area contributed by atoms with E-state index in [0.29, 0.717) is 13.3 Å². The van der Waals surface area contributed by atoms with Gasteiger partial charge in [0.25, 0.3) is 0 Å². The molecule has 6 heteroatoms. The average Bonchev–Trinajstić information content (AvgIpc) is 2.43. The quantitative estimate of drug-likeness (QED) is 0.685. The molecule has 1 unspecified atom stereocenters. The van der Waals surface area contributed by atoms with Gasteiger partial charge >= 0.3 is 0 Å². The lowest BCUT2D eigenvalue weighted by atomic mass is 10.1. The zero-order chi connectivity index (χ0) is 19.0. The number of aliphatic hydroxyl groups excluding tert-OH is 1. The van der Waals surface area contributed by atoms with Crippen LogP contribution in [-0.4, -0.2) is 40.1 Å². The summed E-state index contributed by atoms with van der Waals surface area (Å²) in [5, 5.41) is 8.72. The molecule has 0 spiro atoms. The summed E-state index contributed by atoms with van der Waals surface area (Å²) in [7, 11) is 0. The van der Waals surface area contributed by atoms with Crippen LogP contribution < -0.4 is 0 Å². The van der Waals surface area contributed by atoms with Gasteiger partial charge in [0.1, 0.15) is 5.78 Å². The predicted molar refractivity (Wildman–Crippen MR) is 83.6 cm³/mol. The molecule has 0 aromatic rings. The minimum Gasteiger partial charge on any atom is -0.393 e. The predicted octanol–water partition coefficient (Wildman–Crippen LogP) is 1.85. The van der Waals surface area contributed by atoms with Gasteiger partial charge in [-0.15, -0.1) is 0 Å². The van der Waals surface area contributed by atoms with Crippen molar-refractivity contribution in [2.24, 2.45) is 0 Å². The van der Waals surface area contributed by atoms with Crippen LogP contribution in [0.2, 0.25) is 0 Å². The van der Waals surface area contributed by atoms with Crippen molar-refractivity contribution in [3.8, 4) is 0 Å². The lowest BCUT2D eigenvalue weighted by Gasteiger charge is -1.99. The van der Waals surface area contributed by atoms with Crippen LogP contribution in [0.25, 0.3) is 0 Å². The maximum atomic E-state index is 10.6. The Labute approximate surface area is 133 Å². The van der Waals surface area contributed by atoms with Crippen molar-refractivity contribution in [3.63, 3.8) is 0 Å². The number of aliphatic hydroxyl groups is 1. The van der Waals surface area contributed by atoms with Gasteiger partial charge in [-0.2, -0.15) is 0 Å². The SMILES string of the molecule is CC(=O)C(=O)CCC(C)O.CC(=O)CCC(=O)C(C)=O.[2H]CC. The maximum absolute atomic E-state index is 10.6. The van der Waals surface area contributed by atoms with Gasteiger partial charge in [-0.1, -0.05) is 13.8 Å². The van der Waals surface area contributed by atoms with E-state index in [1.165, 1.54) is 20.8 Å². The minimum atomic E-state index is -0.497. The molecule has 0 radical (unpaired) electrons. The number of carbonyl (C=O) groups excluding carboxylic acids is 5. The molecule has 0 rings (SSSR count). The van der Waals surface area contributed by atoms with Crippen LogP contribution in [-0.2, 0) is 24.0 Å². The van der Waals surface area contributed by atoms with Crippen LogP contribution >= 0.6 is 0 Å². The zero-order valence-electron chi connectivity index (χ0n) is 15.1. The third-order valence-corrected chi connectivity index (χ3v) is 2.28. The van der Waals surface area contributed by atoms with E-state index in [2.05, 4.69) is 0 Å². The molecule has 128 valence electrons. The van der Waals surface area contributed by atoms with E-state index >= 15 is 0 Å². The van der Waals surface area contributed by atoms with Crippen LogP contribution in [0.1, 0.15) is 68.6 Å². The van der Waals surface area contributed by atoms with Crippen LogP contribution in [0.3, 0.4) is 0 Å². The van der Waals surface area contributed by atoms with Crippen molar-refractivity contribution >= 4 is 28.9 Å². The second-order valence-electron chi connectivity index (χ2n) is 4.55. The van der Waals surface area contributed by atoms with Gasteiger partial charge < -0.3 is 9.90 Å². The molecule has 0 saturated heterocycles. The first-order chi connectivity index (χ1) is 10.5. The van der Waals surface area contributed by atoms with Crippen molar-refractivity contribution in [3.05, 3.63) is 0 Å². The molecule has 0 aliphatic rings. The van der Waals surface area contributed by atoms with Crippen LogP contribution in [0, 0.1) is 0 Å². The molecule has 0 heterocycles. The summed E-state index contributed by atoms with van der Waals surface area (Å²) in [4.78, 5) is 52.1. The summed E-state index contributed by atoms with van der Waals surface area (Å²) >= 11 is 0. The largest absolute Gasteiger partial charge is 0.393 e. The lowest BCUT2D eigenvalue weighted by Crippen LogP contribution is -2.12. The van der Waals surface area contributed by atoms with Crippen molar-refractivity contribution < 1.29 is 30.4 Å². The van der Waals surface area contributed by atoms with E-state index in [9.17, 15) is 24.0 Å². The highest BCUT2D eigenvalue weighted by molar-refractivity contribution is 6.36. The van der Waals surface area contributed by atoms with E-state index < -0.39 is 29.2 Å². The van der Waals surface area contributed by atoms with Gasteiger partial charge in [0.15, 0.2) is 23.1 Å². The number of hydrogen-bond donors (Lipinski definition) is 1. The van der Waals surface area contributed by atoms with Crippen molar-refractivity contribution in [2.45, 2.75) is 73.3 Å². The first-order valence-corrected chi connectivity index (χ1v) is 7.03. The van der Waals surface area contributed by atoms with E-state index in [1.54, 1.807) is 13.8 Å². The van der Waals surface area contributed by atoms with Crippen LogP contribution in [0.15, 0.2) is 0 Å². The van der Waals surface area contributed by atoms with Crippen molar-refractivity contribution in [1.29, 1.82) is 0 Å². The number of rotatable bonds is 8. The standard InChI is InChI=1S/C7H12O3.C7H10O3.C2H6/c2*1-5(8)3-4-7(10)6(2)9;1-2/h5,8H,3-4H2,1-2H3;3-4H2,1-2H3;1-2H3/i;;1D. The molecular weight excluding hydrogens is 288 g/mol. The first-order valence-electron chi connectivity index (χ1n) is 7.74. The number of ketones is 5. The third-order valence-electron chi connectivity index (χ3n) is 2.28. The van der Waals surface area contributed by atoms with Gasteiger partial charge in [-0.3, -0.25) is 19.2 Å². The van der Waals surface area contributed by atoms with Crippen LogP contribution in [0.5, 0.6) is 0 Å². The normalized spacial score (nSPS) is 10.7. The van der Waals surface area contributed by atoms with Gasteiger partial charge in [-0.25, -0.2) is 0 Å². The van der Waals surface area contributed by atoms with Gasteiger partial charge in [0, 0.05) is 34.5 Å². The zero-order valence-corrected chi connectivity index (χ0v) is 14.1. The fraction of sp³-hybridized carbons (Fsp3) is 0.688. The minimum absolute atomic E-state index is 0.0602. The summed E-state index contributed by atoms with van der Waals surface area (Å²) in [6, 6.07) is 0. The highest BCUT2D eigenvalue weighted by atomic mass is 16.3. The monoisotopic (exact) mass is 317 g/mol. The molecule has 0 amide bonds. The Bertz CT molecular complexity index is 401. The fourth-order valence-electron chi connectivity index (χ4n) is 0.982. The molecule has 0 fully saturated rings. The number of carbonyl (C=O) groups is 5. The smallest absolute Gasteiger partial charge is 0.198 e. The summed E-state index contributed by atoms with van der Waals surface area (Å²) < 4.78 is 6.21. The van der Waals surface area contributed by atoms with Crippen molar-refractivity contribution in [1.82, 2.24) is 0 Å². The molecule has 0 aliphatic heterocycles. The Morgan fingerprint density at radius 2 is 1.27 bits per heavy atom. The number of hydrogen-bond acceptors (Lipinski definition) is 6. The van der Waals surface area contributed by atoms with E-state index in [-0.39, 0.29) is 25.0 Å². The van der Waals surface area contributed by atoms with E-state index in [1.807, 2.05) is 0 Å². The molecule has 0 bridgehead atoms. The Hall–Kier alpha value is -1.69. The maximum Gasteiger partial charge on any atom is 0.198 e. The molecule has 0 saturated carbocycles. The highest BCUT2D eigenvalue weighted by Gasteiger charge is 2.08. The molecule has 1 atom stereocenters. The van der Waals surface area contributed by atoms with E-state index in [4.69, 9.17) is 6.48 Å². The summed E-state index contributed by atoms with van der Waals surface area (Å²) in [6.07, 6.45) is 0.275. The summed E-state index contributed by atoms with van der Waals surface area (Å²) in [6.45, 7) is 7.73. The number of Topliss-reactive ketones (excluding diaryl/α,β-unsaturated/α-hetero) is 5. The summed E-state index contributed by atoms with van der Waals surface area (Å²) in [5.74, 6) is -1.83. The van der Waals surface area contributed by atoms with Gasteiger partial charge in [0.2, 0.25) is 0 Å². The average molecular weight is 317 g/mol. The first kappa shape index (κ1) is 22.6. The molecule has 6 nitrogen and oxygen atoms in total. The second kappa shape index (κ2) is 15.7. The van der Waals surface area contributed by atoms with Gasteiger partial charge in [0.05, 0.1) is 6.10 Å². The fourth-order valence-corrected chi connectivity index (χ4v) is 0.982. The van der Waals surface area contributed by atoms with Crippen molar-refractivity contribution in [2.75, 3.05) is 0 Å². The van der Waals surface area contributed by atoms with Crippen LogP contribution in [0.4, 0.5) is 0 Å². The molecule has 22 heavy (non-hydrogen) atoms. The molecule has 0 aliphatic carbocycles. The third kappa shape index (κ3) is 20.6. The Morgan fingerprint density at radius 1 is 0.909 bits per heavy atom. The van der Waals surface area contributed by atoms with E-state index in [0.717, 1.165) is 0 Å². The molecular formula is C16H28O6. The highest BCUT2D eigenvalue weighted by Crippen LogP contribution is 1.96. The molecule has 0 aromatic carbocycles. The molecule has 1 N–H and O–H groups in total. The summed E-state index contributed by atoms with van der Waals surface area (Å²) in [5.41, 5.74) is 0. The topological polar surface area (TPSA) is 106 Å². The molecule has 0 aromatic heterocycles.